The van der Waals surface area contributed by atoms with Gasteiger partial charge in [-0.2, -0.15) is 0 Å². The van der Waals surface area contributed by atoms with E-state index in [4.69, 9.17) is 10.1 Å². The van der Waals surface area contributed by atoms with Crippen LogP contribution in [0.2, 0.25) is 0 Å². The second-order valence-electron chi connectivity index (χ2n) is 7.01. The average Bonchev–Trinajstić information content (AvgIpc) is 2.86. The molecule has 134 valence electrons. The van der Waals surface area contributed by atoms with Crippen LogP contribution in [0.25, 0.3) is 0 Å². The Balaban J connectivity index is 1.97. The Hall–Kier alpha value is -1.60. The highest BCUT2D eigenvalue weighted by Gasteiger charge is 2.30. The van der Waals surface area contributed by atoms with E-state index in [1.54, 1.807) is 24.3 Å². The van der Waals surface area contributed by atoms with Crippen molar-refractivity contribution in [2.75, 3.05) is 26.2 Å². The number of hydrogen-bond acceptors (Lipinski definition) is 3. The number of benzene rings is 1. The Morgan fingerprint density at radius 3 is 2.50 bits per heavy atom. The lowest BCUT2D eigenvalue weighted by molar-refractivity contribution is 0.370. The molecule has 0 atom stereocenters. The van der Waals surface area contributed by atoms with Gasteiger partial charge in [0, 0.05) is 26.2 Å². The predicted molar refractivity (Wildman–Crippen MR) is 97.5 cm³/mol. The standard InChI is InChI=1S/C17H28N4O2S/c1-4-19-16(21-12-10-17(2,3)13-21)20-11-9-14-5-7-15(8-6-14)24(18,22)23/h5-8H,4,9-13H2,1-3H3,(H,19,20)(H2,18,22,23). The van der Waals surface area contributed by atoms with E-state index in [1.165, 1.54) is 6.42 Å². The van der Waals surface area contributed by atoms with E-state index in [0.717, 1.165) is 37.6 Å². The molecule has 1 aromatic rings. The number of nitrogens with two attached hydrogens (primary N) is 1. The van der Waals surface area contributed by atoms with E-state index in [2.05, 4.69) is 31.0 Å². The van der Waals surface area contributed by atoms with E-state index in [0.29, 0.717) is 12.0 Å². The van der Waals surface area contributed by atoms with Crippen LogP contribution in [0.1, 0.15) is 32.8 Å². The molecule has 0 unspecified atom stereocenters. The van der Waals surface area contributed by atoms with Gasteiger partial charge in [0.2, 0.25) is 10.0 Å². The molecule has 1 saturated heterocycles. The van der Waals surface area contributed by atoms with Gasteiger partial charge < -0.3 is 10.2 Å². The lowest BCUT2D eigenvalue weighted by atomic mass is 9.93. The number of likely N-dealkylation sites (tertiary alicyclic amines) is 1. The van der Waals surface area contributed by atoms with Crippen molar-refractivity contribution < 1.29 is 8.42 Å². The van der Waals surface area contributed by atoms with E-state index < -0.39 is 10.0 Å². The number of primary sulfonamides is 1. The van der Waals surface area contributed by atoms with Crippen LogP contribution in [0, 0.1) is 5.41 Å². The van der Waals surface area contributed by atoms with Crippen molar-refractivity contribution >= 4 is 16.0 Å². The van der Waals surface area contributed by atoms with Gasteiger partial charge in [-0.25, -0.2) is 13.6 Å². The topological polar surface area (TPSA) is 87.8 Å². The van der Waals surface area contributed by atoms with Gasteiger partial charge in [-0.05, 0) is 42.9 Å². The van der Waals surface area contributed by atoms with Crippen molar-refractivity contribution in [3.8, 4) is 0 Å². The maximum absolute atomic E-state index is 11.3. The third kappa shape index (κ3) is 5.21. The fraction of sp³-hybridized carbons (Fsp3) is 0.588. The van der Waals surface area contributed by atoms with Crippen molar-refractivity contribution in [2.24, 2.45) is 15.5 Å². The second-order valence-corrected chi connectivity index (χ2v) is 8.57. The fourth-order valence-electron chi connectivity index (χ4n) is 2.86. The van der Waals surface area contributed by atoms with Gasteiger partial charge in [0.1, 0.15) is 0 Å². The van der Waals surface area contributed by atoms with E-state index in [1.807, 2.05) is 0 Å². The molecular formula is C17H28N4O2S. The van der Waals surface area contributed by atoms with Crippen molar-refractivity contribution in [2.45, 2.75) is 38.5 Å². The summed E-state index contributed by atoms with van der Waals surface area (Å²) < 4.78 is 22.5. The molecule has 1 aliphatic heterocycles. The normalized spacial score (nSPS) is 18.0. The molecule has 1 fully saturated rings. The minimum atomic E-state index is -3.63. The monoisotopic (exact) mass is 352 g/mol. The summed E-state index contributed by atoms with van der Waals surface area (Å²) in [7, 11) is -3.63. The van der Waals surface area contributed by atoms with Crippen molar-refractivity contribution in [1.82, 2.24) is 10.2 Å². The Labute approximate surface area is 145 Å². The first-order valence-corrected chi connectivity index (χ1v) is 9.91. The predicted octanol–water partition coefficient (Wildman–Crippen LogP) is 1.57. The highest BCUT2D eigenvalue weighted by molar-refractivity contribution is 7.89. The zero-order valence-electron chi connectivity index (χ0n) is 14.7. The summed E-state index contributed by atoms with van der Waals surface area (Å²) in [5.74, 6) is 0.962. The first-order chi connectivity index (χ1) is 11.2. The van der Waals surface area contributed by atoms with Gasteiger partial charge in [-0.3, -0.25) is 4.99 Å². The Morgan fingerprint density at radius 2 is 2.00 bits per heavy atom. The van der Waals surface area contributed by atoms with E-state index >= 15 is 0 Å². The van der Waals surface area contributed by atoms with Crippen LogP contribution in [0.15, 0.2) is 34.2 Å². The van der Waals surface area contributed by atoms with Crippen molar-refractivity contribution in [3.63, 3.8) is 0 Å². The Kier molecular flexibility index (Phi) is 5.87. The van der Waals surface area contributed by atoms with Crippen LogP contribution in [0.3, 0.4) is 0 Å². The lowest BCUT2D eigenvalue weighted by Crippen LogP contribution is -2.40. The molecule has 0 aromatic heterocycles. The van der Waals surface area contributed by atoms with Gasteiger partial charge in [-0.15, -0.1) is 0 Å². The van der Waals surface area contributed by atoms with Crippen LogP contribution in [-0.2, 0) is 16.4 Å². The van der Waals surface area contributed by atoms with E-state index in [9.17, 15) is 8.42 Å². The van der Waals surface area contributed by atoms with Crippen LogP contribution in [0.4, 0.5) is 0 Å². The highest BCUT2D eigenvalue weighted by Crippen LogP contribution is 2.28. The van der Waals surface area contributed by atoms with Crippen molar-refractivity contribution in [1.29, 1.82) is 0 Å². The van der Waals surface area contributed by atoms with Gasteiger partial charge in [0.15, 0.2) is 5.96 Å². The molecule has 3 N–H and O–H groups in total. The Morgan fingerprint density at radius 1 is 1.33 bits per heavy atom. The minimum absolute atomic E-state index is 0.141. The zero-order chi connectivity index (χ0) is 17.8. The summed E-state index contributed by atoms with van der Waals surface area (Å²) in [6.07, 6.45) is 1.93. The molecule has 0 amide bonds. The first kappa shape index (κ1) is 18.7. The lowest BCUT2D eigenvalue weighted by Gasteiger charge is -2.23. The van der Waals surface area contributed by atoms with E-state index in [-0.39, 0.29) is 4.90 Å². The zero-order valence-corrected chi connectivity index (χ0v) is 15.6. The maximum atomic E-state index is 11.3. The number of rotatable bonds is 5. The summed E-state index contributed by atoms with van der Waals surface area (Å²) in [5, 5.41) is 8.47. The highest BCUT2D eigenvalue weighted by atomic mass is 32.2. The molecule has 1 aromatic carbocycles. The average molecular weight is 353 g/mol. The molecule has 1 aliphatic rings. The SMILES string of the molecule is CCNC(=NCCc1ccc(S(N)(=O)=O)cc1)N1CCC(C)(C)C1. The summed E-state index contributed by atoms with van der Waals surface area (Å²) in [6.45, 7) is 10.2. The maximum Gasteiger partial charge on any atom is 0.238 e. The van der Waals surface area contributed by atoms with Gasteiger partial charge in [-0.1, -0.05) is 26.0 Å². The molecule has 0 saturated carbocycles. The third-order valence-corrected chi connectivity index (χ3v) is 5.15. The van der Waals surface area contributed by atoms with Gasteiger partial charge in [0.25, 0.3) is 0 Å². The van der Waals surface area contributed by atoms with Crippen LogP contribution >= 0.6 is 0 Å². The number of nitrogens with zero attached hydrogens (tertiary/aromatic N) is 2. The molecule has 0 aliphatic carbocycles. The first-order valence-electron chi connectivity index (χ1n) is 8.36. The largest absolute Gasteiger partial charge is 0.357 e. The van der Waals surface area contributed by atoms with Crippen molar-refractivity contribution in [3.05, 3.63) is 29.8 Å². The summed E-state index contributed by atoms with van der Waals surface area (Å²) in [5.41, 5.74) is 1.38. The molecule has 24 heavy (non-hydrogen) atoms. The number of aliphatic imine (C=N–C) groups is 1. The van der Waals surface area contributed by atoms with Crippen LogP contribution in [0.5, 0.6) is 0 Å². The number of sulfonamides is 1. The molecule has 0 spiro atoms. The van der Waals surface area contributed by atoms with Gasteiger partial charge in [0.05, 0.1) is 4.90 Å². The number of hydrogen-bond donors (Lipinski definition) is 2. The molecular weight excluding hydrogens is 324 g/mol. The van der Waals surface area contributed by atoms with Crippen LogP contribution in [-0.4, -0.2) is 45.5 Å². The summed E-state index contributed by atoms with van der Waals surface area (Å²) in [4.78, 5) is 7.17. The number of nitrogens with one attached hydrogen (secondary N) is 1. The van der Waals surface area contributed by atoms with Crippen LogP contribution < -0.4 is 10.5 Å². The quantitative estimate of drug-likeness (QED) is 0.622. The second kappa shape index (κ2) is 7.53. The smallest absolute Gasteiger partial charge is 0.238 e. The molecule has 0 radical (unpaired) electrons. The molecule has 6 nitrogen and oxygen atoms in total. The third-order valence-electron chi connectivity index (χ3n) is 4.23. The molecule has 1 heterocycles. The summed E-state index contributed by atoms with van der Waals surface area (Å²) in [6, 6.07) is 6.67. The molecule has 0 bridgehead atoms. The Bertz CT molecular complexity index is 681. The fourth-order valence-corrected chi connectivity index (χ4v) is 3.37. The molecule has 7 heteroatoms. The summed E-state index contributed by atoms with van der Waals surface area (Å²) >= 11 is 0. The van der Waals surface area contributed by atoms with Gasteiger partial charge >= 0.3 is 0 Å². The molecule has 2 rings (SSSR count). The number of guanidine groups is 1. The minimum Gasteiger partial charge on any atom is -0.357 e.